The number of anilines is 1. The summed E-state index contributed by atoms with van der Waals surface area (Å²) < 4.78 is 22.7. The predicted octanol–water partition coefficient (Wildman–Crippen LogP) is 5.68. The Labute approximate surface area is 211 Å². The van der Waals surface area contributed by atoms with Crippen LogP contribution in [0.2, 0.25) is 0 Å². The number of hydrogen-bond acceptors (Lipinski definition) is 7. The van der Waals surface area contributed by atoms with Crippen molar-refractivity contribution in [3.8, 4) is 11.5 Å². The molecule has 1 aliphatic rings. The van der Waals surface area contributed by atoms with Gasteiger partial charge >= 0.3 is 0 Å². The third-order valence-electron chi connectivity index (χ3n) is 6.16. The first-order valence-electron chi connectivity index (χ1n) is 12.0. The largest absolute Gasteiger partial charge is 0.493 e. The SMILES string of the molecule is COc1cc([C@@H](c2c(NC(=O)c3ccco3)sc(C)c2C)N2CCOCC2)ccc1OCC(C)C. The fourth-order valence-corrected chi connectivity index (χ4v) is 5.35. The molecule has 188 valence electrons. The van der Waals surface area contributed by atoms with Gasteiger partial charge < -0.3 is 23.9 Å². The van der Waals surface area contributed by atoms with Crippen molar-refractivity contribution in [3.63, 3.8) is 0 Å². The third-order valence-corrected chi connectivity index (χ3v) is 7.30. The van der Waals surface area contributed by atoms with E-state index in [0.29, 0.717) is 31.5 Å². The molecule has 35 heavy (non-hydrogen) atoms. The van der Waals surface area contributed by atoms with Crippen molar-refractivity contribution in [1.29, 1.82) is 0 Å². The van der Waals surface area contributed by atoms with Gasteiger partial charge in [0.05, 0.1) is 39.2 Å². The highest BCUT2D eigenvalue weighted by Crippen LogP contribution is 2.44. The van der Waals surface area contributed by atoms with Gasteiger partial charge in [-0.15, -0.1) is 11.3 Å². The molecule has 1 aromatic carbocycles. The molecule has 3 aromatic rings. The van der Waals surface area contributed by atoms with Crippen LogP contribution in [0.1, 0.15) is 52.0 Å². The molecule has 0 saturated carbocycles. The van der Waals surface area contributed by atoms with Crippen molar-refractivity contribution in [3.05, 3.63) is 63.9 Å². The van der Waals surface area contributed by atoms with Crippen LogP contribution in [0.25, 0.3) is 0 Å². The minimum Gasteiger partial charge on any atom is -0.493 e. The van der Waals surface area contributed by atoms with Crippen molar-refractivity contribution < 1.29 is 23.4 Å². The average molecular weight is 499 g/mol. The zero-order valence-corrected chi connectivity index (χ0v) is 21.9. The van der Waals surface area contributed by atoms with E-state index in [1.807, 2.05) is 6.07 Å². The summed E-state index contributed by atoms with van der Waals surface area (Å²) >= 11 is 1.59. The van der Waals surface area contributed by atoms with Gasteiger partial charge in [0.25, 0.3) is 5.91 Å². The highest BCUT2D eigenvalue weighted by molar-refractivity contribution is 7.16. The normalized spacial score (nSPS) is 15.3. The number of methoxy groups -OCH3 is 1. The molecule has 1 fully saturated rings. The molecule has 3 heterocycles. The van der Waals surface area contributed by atoms with Crippen LogP contribution in [0.5, 0.6) is 11.5 Å². The Hall–Kier alpha value is -2.81. The average Bonchev–Trinajstić information content (AvgIpc) is 3.49. The molecule has 1 N–H and O–H groups in total. The fourth-order valence-electron chi connectivity index (χ4n) is 4.26. The first kappa shape index (κ1) is 25.3. The second-order valence-corrected chi connectivity index (χ2v) is 10.3. The molecule has 1 saturated heterocycles. The second kappa shape index (κ2) is 11.3. The van der Waals surface area contributed by atoms with Crippen LogP contribution in [0.3, 0.4) is 0 Å². The predicted molar refractivity (Wildman–Crippen MR) is 138 cm³/mol. The fraction of sp³-hybridized carbons (Fsp3) is 0.444. The number of furan rings is 1. The van der Waals surface area contributed by atoms with Crippen molar-refractivity contribution in [2.75, 3.05) is 45.3 Å². The van der Waals surface area contributed by atoms with Crippen molar-refractivity contribution in [1.82, 2.24) is 4.90 Å². The molecule has 0 bridgehead atoms. The molecule has 8 heteroatoms. The Kier molecular flexibility index (Phi) is 8.15. The second-order valence-electron chi connectivity index (χ2n) is 9.12. The number of nitrogens with one attached hydrogen (secondary N) is 1. The highest BCUT2D eigenvalue weighted by Gasteiger charge is 2.31. The lowest BCUT2D eigenvalue weighted by Crippen LogP contribution is -2.40. The number of aryl methyl sites for hydroxylation is 1. The van der Waals surface area contributed by atoms with Crippen LogP contribution in [0.4, 0.5) is 5.00 Å². The number of amides is 1. The number of carbonyl (C=O) groups excluding carboxylic acids is 1. The standard InChI is InChI=1S/C27H34N2O5S/c1-17(2)16-34-21-9-8-20(15-23(21)31-5)25(29-10-13-32-14-11-29)24-18(3)19(4)35-27(24)28-26(30)22-7-6-12-33-22/h6-9,12,15,17,25H,10-11,13-14,16H2,1-5H3,(H,28,30)/t25-/m0/s1. The summed E-state index contributed by atoms with van der Waals surface area (Å²) in [6, 6.07) is 9.45. The van der Waals surface area contributed by atoms with Crippen LogP contribution in [-0.2, 0) is 4.74 Å². The van der Waals surface area contributed by atoms with E-state index in [1.54, 1.807) is 30.6 Å². The summed E-state index contributed by atoms with van der Waals surface area (Å²) in [6.45, 7) is 12.0. The van der Waals surface area contributed by atoms with Crippen molar-refractivity contribution >= 4 is 22.2 Å². The van der Waals surface area contributed by atoms with Gasteiger partial charge in [-0.1, -0.05) is 19.9 Å². The number of rotatable bonds is 9. The molecule has 7 nitrogen and oxygen atoms in total. The summed E-state index contributed by atoms with van der Waals surface area (Å²) in [6.07, 6.45) is 1.51. The zero-order valence-electron chi connectivity index (χ0n) is 21.1. The summed E-state index contributed by atoms with van der Waals surface area (Å²) in [4.78, 5) is 16.5. The molecule has 0 radical (unpaired) electrons. The first-order chi connectivity index (χ1) is 16.9. The van der Waals surface area contributed by atoms with Gasteiger partial charge in [-0.2, -0.15) is 0 Å². The van der Waals surface area contributed by atoms with E-state index in [1.165, 1.54) is 11.8 Å². The number of hydrogen-bond donors (Lipinski definition) is 1. The van der Waals surface area contributed by atoms with Gasteiger partial charge in [-0.05, 0) is 55.2 Å². The lowest BCUT2D eigenvalue weighted by Gasteiger charge is -2.36. The monoisotopic (exact) mass is 498 g/mol. The number of ether oxygens (including phenoxy) is 3. The van der Waals surface area contributed by atoms with Gasteiger partial charge in [-0.3, -0.25) is 9.69 Å². The quantitative estimate of drug-likeness (QED) is 0.410. The molecule has 2 aromatic heterocycles. The third kappa shape index (κ3) is 5.72. The molecule has 0 aliphatic carbocycles. The van der Waals surface area contributed by atoms with Gasteiger partial charge in [-0.25, -0.2) is 0 Å². The zero-order chi connectivity index (χ0) is 24.9. The minimum atomic E-state index is -0.256. The van der Waals surface area contributed by atoms with E-state index >= 15 is 0 Å². The van der Waals surface area contributed by atoms with Crippen LogP contribution in [0.15, 0.2) is 41.0 Å². The van der Waals surface area contributed by atoms with Crippen molar-refractivity contribution in [2.45, 2.75) is 33.7 Å². The van der Waals surface area contributed by atoms with Gasteiger partial charge in [0, 0.05) is 23.5 Å². The molecule has 0 unspecified atom stereocenters. The molecule has 4 rings (SSSR count). The Morgan fingerprint density at radius 2 is 1.94 bits per heavy atom. The molecule has 1 atom stereocenters. The number of morpholine rings is 1. The van der Waals surface area contributed by atoms with E-state index in [4.69, 9.17) is 18.6 Å². The van der Waals surface area contributed by atoms with Crippen LogP contribution in [-0.4, -0.2) is 50.8 Å². The number of thiophene rings is 1. The number of carbonyl (C=O) groups is 1. The van der Waals surface area contributed by atoms with Crippen LogP contribution in [0, 0.1) is 19.8 Å². The van der Waals surface area contributed by atoms with Crippen LogP contribution < -0.4 is 14.8 Å². The molecule has 1 aliphatic heterocycles. The Morgan fingerprint density at radius 3 is 2.60 bits per heavy atom. The van der Waals surface area contributed by atoms with Gasteiger partial charge in [0.2, 0.25) is 0 Å². The van der Waals surface area contributed by atoms with E-state index in [9.17, 15) is 4.79 Å². The Morgan fingerprint density at radius 1 is 1.17 bits per heavy atom. The maximum absolute atomic E-state index is 12.9. The maximum atomic E-state index is 12.9. The van der Waals surface area contributed by atoms with Gasteiger partial charge in [0.1, 0.15) is 5.00 Å². The summed E-state index contributed by atoms with van der Waals surface area (Å²) in [7, 11) is 1.67. The van der Waals surface area contributed by atoms with E-state index in [-0.39, 0.29) is 17.7 Å². The van der Waals surface area contributed by atoms with E-state index in [0.717, 1.165) is 39.8 Å². The van der Waals surface area contributed by atoms with E-state index in [2.05, 4.69) is 50.0 Å². The first-order valence-corrected chi connectivity index (χ1v) is 12.8. The van der Waals surface area contributed by atoms with Gasteiger partial charge in [0.15, 0.2) is 17.3 Å². The summed E-state index contributed by atoms with van der Waals surface area (Å²) in [5.41, 5.74) is 3.34. The lowest BCUT2D eigenvalue weighted by molar-refractivity contribution is 0.0240. The Balaban J connectivity index is 1.76. The summed E-state index contributed by atoms with van der Waals surface area (Å²) in [5, 5.41) is 3.94. The molecule has 1 amide bonds. The summed E-state index contributed by atoms with van der Waals surface area (Å²) in [5.74, 6) is 1.88. The molecular formula is C27H34N2O5S. The topological polar surface area (TPSA) is 73.2 Å². The smallest absolute Gasteiger partial charge is 0.291 e. The molecule has 0 spiro atoms. The van der Waals surface area contributed by atoms with Crippen LogP contribution >= 0.6 is 11.3 Å². The maximum Gasteiger partial charge on any atom is 0.291 e. The number of nitrogens with zero attached hydrogens (tertiary/aromatic N) is 1. The minimum absolute atomic E-state index is 0.0798. The number of benzene rings is 1. The van der Waals surface area contributed by atoms with Crippen molar-refractivity contribution in [2.24, 2.45) is 5.92 Å². The lowest BCUT2D eigenvalue weighted by atomic mass is 9.94. The molecular weight excluding hydrogens is 464 g/mol. The highest BCUT2D eigenvalue weighted by atomic mass is 32.1. The Bertz CT molecular complexity index is 1130. The van der Waals surface area contributed by atoms with E-state index < -0.39 is 0 Å².